The van der Waals surface area contributed by atoms with Crippen LogP contribution in [0.5, 0.6) is 0 Å². The van der Waals surface area contributed by atoms with Gasteiger partial charge < -0.3 is 9.71 Å². The molecule has 94 valence electrons. The van der Waals surface area contributed by atoms with Crippen molar-refractivity contribution in [2.75, 3.05) is 4.72 Å². The molecule has 0 radical (unpaired) electrons. The Hall–Kier alpha value is -1.68. The lowest BCUT2D eigenvalue weighted by Gasteiger charge is -2.04. The molecule has 0 atom stereocenters. The van der Waals surface area contributed by atoms with Gasteiger partial charge in [-0.05, 0) is 18.0 Å². The standard InChI is InChI=1S/C12H7ClN4S2/c13-12-16-6-10(18-12)19-17-9-3-1-2-8-7(4-14)5-15-11(8)9/h1-3,5-6,15,17H. The van der Waals surface area contributed by atoms with Gasteiger partial charge in [-0.25, -0.2) is 4.98 Å². The van der Waals surface area contributed by atoms with Gasteiger partial charge in [-0.15, -0.1) is 0 Å². The molecular formula is C12H7ClN4S2. The number of thiazole rings is 1. The molecule has 19 heavy (non-hydrogen) atoms. The van der Waals surface area contributed by atoms with Crippen LogP contribution in [0.1, 0.15) is 5.56 Å². The summed E-state index contributed by atoms with van der Waals surface area (Å²) >= 11 is 8.64. The van der Waals surface area contributed by atoms with Crippen LogP contribution in [0.4, 0.5) is 5.69 Å². The summed E-state index contributed by atoms with van der Waals surface area (Å²) < 4.78 is 4.75. The maximum atomic E-state index is 9.01. The van der Waals surface area contributed by atoms with Gasteiger partial charge >= 0.3 is 0 Å². The van der Waals surface area contributed by atoms with Gasteiger partial charge in [0.2, 0.25) is 0 Å². The molecule has 0 aliphatic carbocycles. The number of halogens is 1. The molecule has 3 rings (SSSR count). The van der Waals surface area contributed by atoms with Gasteiger partial charge in [-0.2, -0.15) is 5.26 Å². The number of para-hydroxylation sites is 1. The maximum absolute atomic E-state index is 9.01. The van der Waals surface area contributed by atoms with Crippen molar-refractivity contribution < 1.29 is 0 Å². The Kier molecular flexibility index (Phi) is 3.34. The highest BCUT2D eigenvalue weighted by molar-refractivity contribution is 8.02. The van der Waals surface area contributed by atoms with Crippen molar-refractivity contribution in [3.8, 4) is 6.07 Å². The summed E-state index contributed by atoms with van der Waals surface area (Å²) in [4.78, 5) is 7.09. The van der Waals surface area contributed by atoms with Crippen LogP contribution in [0.2, 0.25) is 4.47 Å². The quantitative estimate of drug-likeness (QED) is 0.709. The number of rotatable bonds is 3. The zero-order valence-corrected chi connectivity index (χ0v) is 11.9. The van der Waals surface area contributed by atoms with Crippen LogP contribution >= 0.6 is 34.9 Å². The van der Waals surface area contributed by atoms with Gasteiger partial charge in [0.05, 0.1) is 23.0 Å². The first kappa shape index (κ1) is 12.4. The zero-order valence-electron chi connectivity index (χ0n) is 9.48. The minimum Gasteiger partial charge on any atom is -0.358 e. The van der Waals surface area contributed by atoms with Crippen LogP contribution in [-0.4, -0.2) is 9.97 Å². The monoisotopic (exact) mass is 306 g/mol. The van der Waals surface area contributed by atoms with Crippen molar-refractivity contribution in [2.24, 2.45) is 0 Å². The molecule has 2 heterocycles. The number of nitriles is 1. The summed E-state index contributed by atoms with van der Waals surface area (Å²) in [6, 6.07) is 7.95. The molecule has 0 spiro atoms. The molecule has 2 aromatic heterocycles. The summed E-state index contributed by atoms with van der Waals surface area (Å²) in [5, 5.41) is 9.92. The fourth-order valence-corrected chi connectivity index (χ4v) is 3.55. The normalized spacial score (nSPS) is 10.5. The van der Waals surface area contributed by atoms with Gasteiger partial charge in [0.15, 0.2) is 4.47 Å². The zero-order chi connectivity index (χ0) is 13.2. The Morgan fingerprint density at radius 3 is 3.11 bits per heavy atom. The second-order valence-corrected chi connectivity index (χ2v) is 6.40. The highest BCUT2D eigenvalue weighted by Gasteiger charge is 2.07. The summed E-state index contributed by atoms with van der Waals surface area (Å²) in [6.45, 7) is 0. The van der Waals surface area contributed by atoms with Crippen LogP contribution in [-0.2, 0) is 0 Å². The van der Waals surface area contributed by atoms with Crippen molar-refractivity contribution in [1.29, 1.82) is 5.26 Å². The van der Waals surface area contributed by atoms with E-state index in [0.29, 0.717) is 10.0 Å². The lowest BCUT2D eigenvalue weighted by molar-refractivity contribution is 1.38. The van der Waals surface area contributed by atoms with Gasteiger partial charge in [0, 0.05) is 11.6 Å². The highest BCUT2D eigenvalue weighted by Crippen LogP contribution is 2.32. The van der Waals surface area contributed by atoms with E-state index in [-0.39, 0.29) is 0 Å². The van der Waals surface area contributed by atoms with Crippen LogP contribution in [0.15, 0.2) is 34.8 Å². The van der Waals surface area contributed by atoms with Crippen molar-refractivity contribution >= 4 is 51.5 Å². The molecule has 0 aliphatic heterocycles. The van der Waals surface area contributed by atoms with Crippen LogP contribution < -0.4 is 4.72 Å². The number of nitrogens with zero attached hydrogens (tertiary/aromatic N) is 2. The van der Waals surface area contributed by atoms with Crippen LogP contribution in [0, 0.1) is 11.3 Å². The molecule has 0 fully saturated rings. The van der Waals surface area contributed by atoms with E-state index in [2.05, 4.69) is 20.8 Å². The third kappa shape index (κ3) is 2.40. The average molecular weight is 307 g/mol. The Bertz CT molecular complexity index is 771. The molecule has 0 amide bonds. The van der Waals surface area contributed by atoms with Crippen molar-refractivity contribution in [3.63, 3.8) is 0 Å². The largest absolute Gasteiger partial charge is 0.358 e. The van der Waals surface area contributed by atoms with Crippen molar-refractivity contribution in [3.05, 3.63) is 40.6 Å². The fourth-order valence-electron chi connectivity index (χ4n) is 1.72. The number of benzene rings is 1. The van der Waals surface area contributed by atoms with E-state index >= 15 is 0 Å². The van der Waals surface area contributed by atoms with E-state index in [9.17, 15) is 0 Å². The number of H-pyrrole nitrogens is 1. The third-order valence-corrected chi connectivity index (χ3v) is 4.59. The SMILES string of the molecule is N#Cc1c[nH]c2c(NSc3cnc(Cl)s3)cccc12. The molecule has 0 saturated carbocycles. The topological polar surface area (TPSA) is 64.5 Å². The average Bonchev–Trinajstić information content (AvgIpc) is 3.02. The molecular weight excluding hydrogens is 300 g/mol. The summed E-state index contributed by atoms with van der Waals surface area (Å²) in [5.74, 6) is 0. The van der Waals surface area contributed by atoms with Crippen LogP contribution in [0.25, 0.3) is 10.9 Å². The van der Waals surface area contributed by atoms with Crippen molar-refractivity contribution in [2.45, 2.75) is 4.21 Å². The summed E-state index contributed by atoms with van der Waals surface area (Å²) in [7, 11) is 0. The number of anilines is 1. The Labute approximate surface area is 122 Å². The number of aromatic amines is 1. The van der Waals surface area contributed by atoms with Gasteiger partial charge in [-0.3, -0.25) is 0 Å². The lowest BCUT2D eigenvalue weighted by Crippen LogP contribution is -1.86. The van der Waals surface area contributed by atoms with E-state index in [0.717, 1.165) is 20.8 Å². The minimum atomic E-state index is 0.522. The predicted octanol–water partition coefficient (Wildman–Crippen LogP) is 4.27. The number of hydrogen-bond donors (Lipinski definition) is 2. The Balaban J connectivity index is 1.89. The first-order chi connectivity index (χ1) is 9.28. The highest BCUT2D eigenvalue weighted by atomic mass is 35.5. The second kappa shape index (κ2) is 5.13. The summed E-state index contributed by atoms with van der Waals surface area (Å²) in [6.07, 6.45) is 3.43. The molecule has 3 aromatic rings. The molecule has 0 unspecified atom stereocenters. The molecule has 0 saturated heterocycles. The third-order valence-electron chi connectivity index (χ3n) is 2.55. The molecule has 0 aliphatic rings. The predicted molar refractivity (Wildman–Crippen MR) is 79.6 cm³/mol. The maximum Gasteiger partial charge on any atom is 0.184 e. The fraction of sp³-hybridized carbons (Fsp3) is 0. The van der Waals surface area contributed by atoms with Gasteiger partial charge in [0.25, 0.3) is 0 Å². The molecule has 4 nitrogen and oxygen atoms in total. The van der Waals surface area contributed by atoms with E-state index < -0.39 is 0 Å². The lowest BCUT2D eigenvalue weighted by atomic mass is 10.2. The molecule has 1 aromatic carbocycles. The number of fused-ring (bicyclic) bond motifs is 1. The van der Waals surface area contributed by atoms with Gasteiger partial charge in [0.1, 0.15) is 10.3 Å². The Morgan fingerprint density at radius 1 is 1.47 bits per heavy atom. The molecule has 7 heteroatoms. The van der Waals surface area contributed by atoms with E-state index in [1.54, 1.807) is 12.4 Å². The number of hydrogen-bond acceptors (Lipinski definition) is 5. The number of aromatic nitrogens is 2. The van der Waals surface area contributed by atoms with E-state index in [4.69, 9.17) is 16.9 Å². The van der Waals surface area contributed by atoms with E-state index in [1.807, 2.05) is 18.2 Å². The number of nitrogens with one attached hydrogen (secondary N) is 2. The van der Waals surface area contributed by atoms with Gasteiger partial charge in [-0.1, -0.05) is 35.1 Å². The first-order valence-corrected chi connectivity index (χ1v) is 7.33. The van der Waals surface area contributed by atoms with E-state index in [1.165, 1.54) is 23.3 Å². The molecule has 0 bridgehead atoms. The summed E-state index contributed by atoms with van der Waals surface area (Å²) in [5.41, 5.74) is 2.49. The Morgan fingerprint density at radius 2 is 2.37 bits per heavy atom. The smallest absolute Gasteiger partial charge is 0.184 e. The second-order valence-electron chi connectivity index (χ2n) is 3.68. The molecule has 2 N–H and O–H groups in total. The first-order valence-electron chi connectivity index (χ1n) is 5.32. The minimum absolute atomic E-state index is 0.522. The van der Waals surface area contributed by atoms with Crippen LogP contribution in [0.3, 0.4) is 0 Å². The van der Waals surface area contributed by atoms with Crippen molar-refractivity contribution in [1.82, 2.24) is 9.97 Å².